The van der Waals surface area contributed by atoms with Crippen molar-refractivity contribution in [2.24, 2.45) is 0 Å². The second-order valence-corrected chi connectivity index (χ2v) is 8.09. The predicted octanol–water partition coefficient (Wildman–Crippen LogP) is 3.73. The number of anilines is 1. The summed E-state index contributed by atoms with van der Waals surface area (Å²) in [6.07, 6.45) is 2.03. The molecule has 0 aromatic heterocycles. The number of hydrogen-bond donors (Lipinski definition) is 1. The van der Waals surface area contributed by atoms with Crippen molar-refractivity contribution in [3.63, 3.8) is 0 Å². The fourth-order valence-electron chi connectivity index (χ4n) is 3.25. The molecule has 0 saturated carbocycles. The number of nitriles is 1. The van der Waals surface area contributed by atoms with Gasteiger partial charge in [0.05, 0.1) is 12.4 Å². The number of carbonyl (C=O) groups excluding carboxylic acids is 2. The molecule has 7 heteroatoms. The number of thioether (sulfide) groups is 1. The lowest BCUT2D eigenvalue weighted by atomic mass is 10.0. The largest absolute Gasteiger partial charge is 0.497 e. The highest BCUT2D eigenvalue weighted by molar-refractivity contribution is 8.05. The van der Waals surface area contributed by atoms with E-state index in [1.807, 2.05) is 37.3 Å². The summed E-state index contributed by atoms with van der Waals surface area (Å²) in [5.41, 5.74) is 2.63. The summed E-state index contributed by atoms with van der Waals surface area (Å²) in [5, 5.41) is 12.3. The minimum Gasteiger partial charge on any atom is -0.497 e. The number of rotatable bonds is 7. The first-order valence-corrected chi connectivity index (χ1v) is 10.6. The van der Waals surface area contributed by atoms with Crippen molar-refractivity contribution in [2.45, 2.75) is 18.6 Å². The molecule has 158 valence electrons. The smallest absolute Gasteiger partial charge is 0.264 e. The molecule has 0 radical (unpaired) electrons. The highest BCUT2D eigenvalue weighted by atomic mass is 32.2. The first kappa shape index (κ1) is 22.2. The van der Waals surface area contributed by atoms with Crippen LogP contribution in [-0.4, -0.2) is 30.7 Å². The lowest BCUT2D eigenvalue weighted by Crippen LogP contribution is -2.32. The van der Waals surface area contributed by atoms with Crippen LogP contribution in [0, 0.1) is 18.3 Å². The molecule has 1 atom stereocenters. The summed E-state index contributed by atoms with van der Waals surface area (Å²) in [5.74, 6) is -0.0558. The molecule has 31 heavy (non-hydrogen) atoms. The molecule has 1 heterocycles. The van der Waals surface area contributed by atoms with Crippen molar-refractivity contribution >= 4 is 29.3 Å². The van der Waals surface area contributed by atoms with Crippen LogP contribution < -0.4 is 15.0 Å². The molecule has 0 bridgehead atoms. The molecular weight excluding hydrogens is 410 g/mol. The zero-order chi connectivity index (χ0) is 22.4. The molecule has 1 saturated heterocycles. The Morgan fingerprint density at radius 1 is 1.29 bits per heavy atom. The lowest BCUT2D eigenvalue weighted by Gasteiger charge is -2.19. The van der Waals surface area contributed by atoms with E-state index in [1.54, 1.807) is 31.4 Å². The van der Waals surface area contributed by atoms with Crippen molar-refractivity contribution in [1.82, 2.24) is 5.32 Å². The van der Waals surface area contributed by atoms with Crippen LogP contribution in [0.1, 0.15) is 11.1 Å². The molecule has 1 aliphatic heterocycles. The van der Waals surface area contributed by atoms with Crippen molar-refractivity contribution in [3.05, 3.63) is 82.9 Å². The van der Waals surface area contributed by atoms with E-state index >= 15 is 0 Å². The SMILES string of the molecule is C=CCNC(=O)/C(C#N)=C1\SC(Cc2ccccc2C)C(=O)N1c1ccc(OC)cc1. The van der Waals surface area contributed by atoms with Crippen LogP contribution in [0.2, 0.25) is 0 Å². The molecule has 2 aromatic rings. The Kier molecular flexibility index (Phi) is 7.16. The van der Waals surface area contributed by atoms with E-state index in [-0.39, 0.29) is 18.0 Å². The maximum atomic E-state index is 13.4. The van der Waals surface area contributed by atoms with E-state index in [0.29, 0.717) is 22.9 Å². The second-order valence-electron chi connectivity index (χ2n) is 6.90. The number of carbonyl (C=O) groups is 2. The zero-order valence-corrected chi connectivity index (χ0v) is 18.2. The van der Waals surface area contributed by atoms with Gasteiger partial charge in [-0.2, -0.15) is 5.26 Å². The highest BCUT2D eigenvalue weighted by Gasteiger charge is 2.40. The topological polar surface area (TPSA) is 82.4 Å². The molecule has 2 amide bonds. The van der Waals surface area contributed by atoms with Crippen LogP contribution in [-0.2, 0) is 16.0 Å². The van der Waals surface area contributed by atoms with Gasteiger partial charge in [0.2, 0.25) is 5.91 Å². The van der Waals surface area contributed by atoms with Crippen molar-refractivity contribution < 1.29 is 14.3 Å². The van der Waals surface area contributed by atoms with Crippen LogP contribution in [0.4, 0.5) is 5.69 Å². The predicted molar refractivity (Wildman–Crippen MR) is 123 cm³/mol. The van der Waals surface area contributed by atoms with E-state index in [1.165, 1.54) is 22.7 Å². The van der Waals surface area contributed by atoms with Gasteiger partial charge in [-0.05, 0) is 48.7 Å². The van der Waals surface area contributed by atoms with Gasteiger partial charge in [0.15, 0.2) is 0 Å². The van der Waals surface area contributed by atoms with Crippen molar-refractivity contribution in [2.75, 3.05) is 18.6 Å². The van der Waals surface area contributed by atoms with E-state index < -0.39 is 11.2 Å². The van der Waals surface area contributed by atoms with Crippen LogP contribution in [0.15, 0.2) is 71.8 Å². The number of ether oxygens (including phenoxy) is 1. The molecule has 0 spiro atoms. The first-order chi connectivity index (χ1) is 15.0. The maximum Gasteiger partial charge on any atom is 0.264 e. The average molecular weight is 434 g/mol. The number of nitrogens with one attached hydrogen (secondary N) is 1. The quantitative estimate of drug-likeness (QED) is 0.409. The molecule has 1 aliphatic rings. The number of nitrogens with zero attached hydrogens (tertiary/aromatic N) is 2. The van der Waals surface area contributed by atoms with Crippen LogP contribution >= 0.6 is 11.8 Å². The minimum atomic E-state index is -0.534. The number of methoxy groups -OCH3 is 1. The fraction of sp³-hybridized carbons (Fsp3) is 0.208. The number of amides is 2. The molecule has 2 aromatic carbocycles. The van der Waals surface area contributed by atoms with Gasteiger partial charge in [-0.3, -0.25) is 14.5 Å². The van der Waals surface area contributed by atoms with Crippen LogP contribution in [0.25, 0.3) is 0 Å². The summed E-state index contributed by atoms with van der Waals surface area (Å²) >= 11 is 1.25. The number of hydrogen-bond acceptors (Lipinski definition) is 5. The molecule has 3 rings (SSSR count). The summed E-state index contributed by atoms with van der Waals surface area (Å²) < 4.78 is 5.20. The Bertz CT molecular complexity index is 1070. The van der Waals surface area contributed by atoms with Gasteiger partial charge >= 0.3 is 0 Å². The Labute approximate surface area is 186 Å². The highest BCUT2D eigenvalue weighted by Crippen LogP contribution is 2.42. The third-order valence-electron chi connectivity index (χ3n) is 4.91. The number of benzene rings is 2. The van der Waals surface area contributed by atoms with E-state index in [9.17, 15) is 14.9 Å². The third kappa shape index (κ3) is 4.81. The Morgan fingerprint density at radius 2 is 2.00 bits per heavy atom. The summed E-state index contributed by atoms with van der Waals surface area (Å²) in [6, 6.07) is 16.8. The Balaban J connectivity index is 2.04. The van der Waals surface area contributed by atoms with Crippen molar-refractivity contribution in [1.29, 1.82) is 5.26 Å². The van der Waals surface area contributed by atoms with Crippen LogP contribution in [0.3, 0.4) is 0 Å². The second kappa shape index (κ2) is 10.0. The summed E-state index contributed by atoms with van der Waals surface area (Å²) in [4.78, 5) is 27.5. The van der Waals surface area contributed by atoms with Gasteiger partial charge in [0, 0.05) is 12.2 Å². The number of aryl methyl sites for hydroxylation is 1. The van der Waals surface area contributed by atoms with Crippen LogP contribution in [0.5, 0.6) is 5.75 Å². The molecule has 0 aliphatic carbocycles. The molecule has 1 unspecified atom stereocenters. The first-order valence-electron chi connectivity index (χ1n) is 9.72. The monoisotopic (exact) mass is 433 g/mol. The Hall–Kier alpha value is -3.50. The van der Waals surface area contributed by atoms with Gasteiger partial charge < -0.3 is 10.1 Å². The Morgan fingerprint density at radius 3 is 2.61 bits per heavy atom. The van der Waals surface area contributed by atoms with Gasteiger partial charge in [0.1, 0.15) is 22.4 Å². The minimum absolute atomic E-state index is 0.0942. The molecule has 1 fully saturated rings. The molecule has 6 nitrogen and oxygen atoms in total. The van der Waals surface area contributed by atoms with E-state index in [2.05, 4.69) is 11.9 Å². The third-order valence-corrected chi connectivity index (χ3v) is 6.17. The van der Waals surface area contributed by atoms with Gasteiger partial charge in [-0.25, -0.2) is 0 Å². The van der Waals surface area contributed by atoms with Gasteiger partial charge in [-0.1, -0.05) is 42.1 Å². The zero-order valence-electron chi connectivity index (χ0n) is 17.4. The maximum absolute atomic E-state index is 13.4. The summed E-state index contributed by atoms with van der Waals surface area (Å²) in [7, 11) is 1.56. The average Bonchev–Trinajstić information content (AvgIpc) is 3.10. The van der Waals surface area contributed by atoms with Crippen molar-refractivity contribution in [3.8, 4) is 11.8 Å². The van der Waals surface area contributed by atoms with Gasteiger partial charge in [0.25, 0.3) is 5.91 Å². The van der Waals surface area contributed by atoms with E-state index in [4.69, 9.17) is 4.74 Å². The normalized spacial score (nSPS) is 17.1. The fourth-order valence-corrected chi connectivity index (χ4v) is 4.54. The summed E-state index contributed by atoms with van der Waals surface area (Å²) in [6.45, 7) is 5.81. The molecular formula is C24H23N3O3S. The molecule has 1 N–H and O–H groups in total. The lowest BCUT2D eigenvalue weighted by molar-refractivity contribution is -0.117. The standard InChI is InChI=1S/C24H23N3O3S/c1-4-13-26-22(28)20(15-25)24-27(18-9-11-19(30-3)12-10-18)23(29)21(31-24)14-17-8-6-5-7-16(17)2/h4-12,21H,1,13-14H2,2-3H3,(H,26,28)/b24-20-. The van der Waals surface area contributed by atoms with E-state index in [0.717, 1.165) is 11.1 Å². The van der Waals surface area contributed by atoms with Gasteiger partial charge in [-0.15, -0.1) is 6.58 Å².